The van der Waals surface area contributed by atoms with E-state index in [1.807, 2.05) is 24.2 Å². The van der Waals surface area contributed by atoms with Crippen LogP contribution in [0.25, 0.3) is 0 Å². The number of amides is 1. The van der Waals surface area contributed by atoms with Crippen molar-refractivity contribution >= 4 is 23.2 Å². The van der Waals surface area contributed by atoms with E-state index < -0.39 is 28.5 Å². The first-order chi connectivity index (χ1) is 12.0. The number of aromatic amines is 1. The Morgan fingerprint density at radius 1 is 1.27 bits per heavy atom. The van der Waals surface area contributed by atoms with Gasteiger partial charge in [0, 0.05) is 12.7 Å². The number of nitrogens with one attached hydrogen (secondary N) is 1. The van der Waals surface area contributed by atoms with Gasteiger partial charge in [0.2, 0.25) is 0 Å². The first-order valence-electron chi connectivity index (χ1n) is 8.22. The fourth-order valence-corrected chi connectivity index (χ4v) is 3.26. The van der Waals surface area contributed by atoms with Crippen molar-refractivity contribution in [1.29, 1.82) is 0 Å². The molecule has 8 heteroatoms. The van der Waals surface area contributed by atoms with Gasteiger partial charge in [0.1, 0.15) is 5.56 Å². The van der Waals surface area contributed by atoms with E-state index in [9.17, 15) is 18.0 Å². The summed E-state index contributed by atoms with van der Waals surface area (Å²) in [7, 11) is 1.44. The van der Waals surface area contributed by atoms with Crippen LogP contribution >= 0.6 is 11.6 Å². The quantitative estimate of drug-likeness (QED) is 0.735. The van der Waals surface area contributed by atoms with Gasteiger partial charge in [0.05, 0.1) is 0 Å². The Morgan fingerprint density at radius 3 is 2.46 bits per heavy atom. The van der Waals surface area contributed by atoms with E-state index in [4.69, 9.17) is 11.6 Å². The maximum atomic E-state index is 13.1. The third kappa shape index (κ3) is 4.20. The molecule has 1 unspecified atom stereocenters. The third-order valence-corrected chi connectivity index (χ3v) is 4.45. The predicted molar refractivity (Wildman–Crippen MR) is 95.6 cm³/mol. The summed E-state index contributed by atoms with van der Waals surface area (Å²) in [6.45, 7) is 6.22. The van der Waals surface area contributed by atoms with Gasteiger partial charge in [0.25, 0.3) is 5.91 Å². The molecule has 4 nitrogen and oxygen atoms in total. The molecule has 1 N–H and O–H groups in total. The lowest BCUT2D eigenvalue weighted by atomic mass is 9.90. The van der Waals surface area contributed by atoms with E-state index >= 15 is 0 Å². The minimum absolute atomic E-state index is 0.142. The van der Waals surface area contributed by atoms with Gasteiger partial charge in [-0.05, 0) is 29.9 Å². The largest absolute Gasteiger partial charge is 0.433 e. The molecule has 0 bridgehead atoms. The summed E-state index contributed by atoms with van der Waals surface area (Å²) in [5.41, 5.74) is -0.471. The van der Waals surface area contributed by atoms with Crippen LogP contribution in [0.3, 0.4) is 0 Å². The number of carbonyl (C=O) groups is 1. The summed E-state index contributed by atoms with van der Waals surface area (Å²) >= 11 is 5.76. The second kappa shape index (κ2) is 7.70. The van der Waals surface area contributed by atoms with Crippen molar-refractivity contribution in [1.82, 2.24) is 10.2 Å². The molecule has 0 radical (unpaired) electrons. The summed E-state index contributed by atoms with van der Waals surface area (Å²) in [5, 5.41) is 4.66. The van der Waals surface area contributed by atoms with Gasteiger partial charge in [-0.1, -0.05) is 50.6 Å². The average molecular weight is 388 g/mol. The third-order valence-electron chi connectivity index (χ3n) is 4.18. The number of hydrogen-bond acceptors (Lipinski definition) is 2. The van der Waals surface area contributed by atoms with Gasteiger partial charge < -0.3 is 4.90 Å². The lowest BCUT2D eigenvalue weighted by molar-refractivity contribution is -0.141. The minimum atomic E-state index is -4.75. The lowest BCUT2D eigenvalue weighted by Gasteiger charge is -2.24. The van der Waals surface area contributed by atoms with Crippen molar-refractivity contribution in [3.63, 3.8) is 0 Å². The lowest BCUT2D eigenvalue weighted by Crippen LogP contribution is -2.29. The van der Waals surface area contributed by atoms with Gasteiger partial charge in [-0.25, -0.2) is 0 Å². The second-order valence-electron chi connectivity index (χ2n) is 6.72. The highest BCUT2D eigenvalue weighted by Crippen LogP contribution is 2.36. The van der Waals surface area contributed by atoms with Crippen LogP contribution in [0.5, 0.6) is 0 Å². The average Bonchev–Trinajstić information content (AvgIpc) is 2.94. The van der Waals surface area contributed by atoms with Crippen molar-refractivity contribution in [3.8, 4) is 0 Å². The van der Waals surface area contributed by atoms with E-state index in [-0.39, 0.29) is 5.92 Å². The number of hydrogen-bond donors (Lipinski definition) is 1. The normalized spacial score (nSPS) is 13.1. The number of H-pyrrole nitrogens is 1. The molecular formula is C18H21ClF3N3O. The summed E-state index contributed by atoms with van der Waals surface area (Å²) in [6.07, 6.45) is -3.87. The Hall–Kier alpha value is -2.02. The van der Waals surface area contributed by atoms with Crippen LogP contribution in [-0.2, 0) is 6.18 Å². The van der Waals surface area contributed by atoms with E-state index in [0.29, 0.717) is 11.6 Å². The molecule has 0 spiro atoms. The number of aromatic nitrogens is 2. The Kier molecular flexibility index (Phi) is 6.01. The number of alkyl halides is 3. The fraction of sp³-hybridized carbons (Fsp3) is 0.444. The first kappa shape index (κ1) is 20.3. The smallest absolute Gasteiger partial charge is 0.311 e. The Morgan fingerprint density at radius 2 is 1.88 bits per heavy atom. The van der Waals surface area contributed by atoms with Gasteiger partial charge in [-0.15, -0.1) is 0 Å². The molecule has 0 fully saturated rings. The number of benzene rings is 1. The van der Waals surface area contributed by atoms with Crippen LogP contribution in [0.15, 0.2) is 24.3 Å². The molecule has 1 atom stereocenters. The van der Waals surface area contributed by atoms with Gasteiger partial charge in [-0.3, -0.25) is 9.89 Å². The molecular weight excluding hydrogens is 367 g/mol. The molecule has 1 amide bonds. The maximum absolute atomic E-state index is 13.1. The van der Waals surface area contributed by atoms with Gasteiger partial charge in [0.15, 0.2) is 10.8 Å². The van der Waals surface area contributed by atoms with Crippen molar-refractivity contribution in [3.05, 3.63) is 46.2 Å². The van der Waals surface area contributed by atoms with Gasteiger partial charge >= 0.3 is 6.18 Å². The number of anilines is 1. The standard InChI is InChI=1S/C18H21ClF3N3O/c1-10(2)9-11(3)12-7-5-6-8-13(12)25(4)17(26)14-15(18(20,21)22)23-24-16(14)19/h5-8,10-11H,9H2,1-4H3,(H,23,24). The van der Waals surface area contributed by atoms with Crippen LogP contribution < -0.4 is 4.90 Å². The zero-order chi connectivity index (χ0) is 19.6. The van der Waals surface area contributed by atoms with Gasteiger partial charge in [-0.2, -0.15) is 18.3 Å². The highest BCUT2D eigenvalue weighted by atomic mass is 35.5. The molecule has 2 rings (SSSR count). The summed E-state index contributed by atoms with van der Waals surface area (Å²) < 4.78 is 39.4. The molecule has 26 heavy (non-hydrogen) atoms. The molecule has 1 heterocycles. The maximum Gasteiger partial charge on any atom is 0.433 e. The van der Waals surface area contributed by atoms with Crippen molar-refractivity contribution in [2.24, 2.45) is 5.92 Å². The van der Waals surface area contributed by atoms with Crippen LogP contribution in [0.2, 0.25) is 5.15 Å². The zero-order valence-corrected chi connectivity index (χ0v) is 15.7. The van der Waals surface area contributed by atoms with Crippen LogP contribution in [-0.4, -0.2) is 23.2 Å². The van der Waals surface area contributed by atoms with Crippen LogP contribution in [0, 0.1) is 5.92 Å². The molecule has 0 aliphatic carbocycles. The van der Waals surface area contributed by atoms with Crippen molar-refractivity contribution in [2.75, 3.05) is 11.9 Å². The Balaban J connectivity index is 2.44. The summed E-state index contributed by atoms with van der Waals surface area (Å²) in [5.74, 6) is -0.275. The highest BCUT2D eigenvalue weighted by Gasteiger charge is 2.40. The van der Waals surface area contributed by atoms with Crippen LogP contribution in [0.1, 0.15) is 54.7 Å². The first-order valence-corrected chi connectivity index (χ1v) is 8.59. The highest BCUT2D eigenvalue weighted by molar-refractivity contribution is 6.33. The topological polar surface area (TPSA) is 49.0 Å². The summed E-state index contributed by atoms with van der Waals surface area (Å²) in [6, 6.07) is 7.19. The number of para-hydroxylation sites is 1. The van der Waals surface area contributed by atoms with Crippen molar-refractivity contribution in [2.45, 2.75) is 39.3 Å². The zero-order valence-electron chi connectivity index (χ0n) is 15.0. The molecule has 0 saturated carbocycles. The molecule has 1 aromatic heterocycles. The number of halogens is 4. The molecule has 142 valence electrons. The van der Waals surface area contributed by atoms with E-state index in [0.717, 1.165) is 12.0 Å². The number of nitrogens with zero attached hydrogens (tertiary/aromatic N) is 2. The fourth-order valence-electron chi connectivity index (χ4n) is 3.04. The summed E-state index contributed by atoms with van der Waals surface area (Å²) in [4.78, 5) is 14.0. The van der Waals surface area contributed by atoms with Crippen LogP contribution in [0.4, 0.5) is 18.9 Å². The SMILES string of the molecule is CC(C)CC(C)c1ccccc1N(C)C(=O)c1c(Cl)n[nH]c1C(F)(F)F. The molecule has 1 aromatic carbocycles. The van der Waals surface area contributed by atoms with Crippen molar-refractivity contribution < 1.29 is 18.0 Å². The second-order valence-corrected chi connectivity index (χ2v) is 7.07. The molecule has 0 saturated heterocycles. The number of carbonyl (C=O) groups excluding carboxylic acids is 1. The Labute approximate surface area is 155 Å². The van der Waals surface area contributed by atoms with E-state index in [1.165, 1.54) is 11.9 Å². The minimum Gasteiger partial charge on any atom is -0.311 e. The monoisotopic (exact) mass is 387 g/mol. The Bertz CT molecular complexity index is 786. The molecule has 2 aromatic rings. The molecule has 0 aliphatic rings. The van der Waals surface area contributed by atoms with E-state index in [2.05, 4.69) is 18.9 Å². The number of rotatable bonds is 5. The molecule has 0 aliphatic heterocycles. The predicted octanol–water partition coefficient (Wildman–Crippen LogP) is 5.51. The van der Waals surface area contributed by atoms with E-state index in [1.54, 1.807) is 12.1 Å².